The lowest BCUT2D eigenvalue weighted by Crippen LogP contribution is -2.51. The summed E-state index contributed by atoms with van der Waals surface area (Å²) >= 11 is 0. The van der Waals surface area contributed by atoms with Crippen molar-refractivity contribution in [2.45, 2.75) is 65.7 Å². The van der Waals surface area contributed by atoms with Gasteiger partial charge in [-0.15, -0.1) is 6.58 Å². The van der Waals surface area contributed by atoms with E-state index in [4.69, 9.17) is 0 Å². The molecule has 5 atom stereocenters. The molecule has 0 amide bonds. The number of hydrogen-bond donors (Lipinski definition) is 1. The standard InChI is InChI=1S/C20H32O/c1-5-18(2)12-9-16-15(13-18)7-8-17-19(3,14-21)10-6-11-20(16,17)4/h5,9,15,17,21H,1,6-8,10-14H2,2-4H3/t15?,17?,18-,19-,20-/m1/s1. The molecule has 0 heterocycles. The van der Waals surface area contributed by atoms with Crippen molar-refractivity contribution in [1.82, 2.24) is 0 Å². The summed E-state index contributed by atoms with van der Waals surface area (Å²) in [6.45, 7) is 11.6. The average Bonchev–Trinajstić information content (AvgIpc) is 2.46. The zero-order valence-corrected chi connectivity index (χ0v) is 14.1. The molecular weight excluding hydrogens is 256 g/mol. The molecule has 2 saturated carbocycles. The molecule has 0 spiro atoms. The third kappa shape index (κ3) is 2.23. The van der Waals surface area contributed by atoms with E-state index in [1.54, 1.807) is 5.57 Å². The molecule has 1 N–H and O–H groups in total. The van der Waals surface area contributed by atoms with Crippen LogP contribution in [0.5, 0.6) is 0 Å². The number of fused-ring (bicyclic) bond motifs is 3. The maximum absolute atomic E-state index is 9.99. The van der Waals surface area contributed by atoms with E-state index >= 15 is 0 Å². The Morgan fingerprint density at radius 3 is 2.71 bits per heavy atom. The molecule has 0 aliphatic heterocycles. The summed E-state index contributed by atoms with van der Waals surface area (Å²) in [5, 5.41) is 9.99. The summed E-state index contributed by atoms with van der Waals surface area (Å²) in [5.41, 5.74) is 2.50. The molecule has 0 radical (unpaired) electrons. The molecule has 1 nitrogen and oxygen atoms in total. The maximum atomic E-state index is 9.99. The van der Waals surface area contributed by atoms with E-state index in [1.807, 2.05) is 0 Å². The number of aliphatic hydroxyl groups excluding tert-OH is 1. The van der Waals surface area contributed by atoms with Gasteiger partial charge in [0, 0.05) is 6.61 Å². The molecule has 0 aromatic carbocycles. The van der Waals surface area contributed by atoms with Crippen LogP contribution in [0.2, 0.25) is 0 Å². The third-order valence-electron chi connectivity index (χ3n) is 7.31. The zero-order valence-electron chi connectivity index (χ0n) is 14.1. The van der Waals surface area contributed by atoms with Crippen LogP contribution in [0.4, 0.5) is 0 Å². The fourth-order valence-corrected chi connectivity index (χ4v) is 5.94. The molecule has 3 aliphatic carbocycles. The quantitative estimate of drug-likeness (QED) is 0.700. The van der Waals surface area contributed by atoms with Crippen LogP contribution < -0.4 is 0 Å². The molecule has 21 heavy (non-hydrogen) atoms. The molecule has 118 valence electrons. The fraction of sp³-hybridized carbons (Fsp3) is 0.800. The van der Waals surface area contributed by atoms with Crippen molar-refractivity contribution in [1.29, 1.82) is 0 Å². The minimum Gasteiger partial charge on any atom is -0.396 e. The van der Waals surface area contributed by atoms with E-state index in [-0.39, 0.29) is 5.41 Å². The van der Waals surface area contributed by atoms with Crippen LogP contribution in [0.15, 0.2) is 24.3 Å². The van der Waals surface area contributed by atoms with Crippen molar-refractivity contribution in [3.05, 3.63) is 24.3 Å². The van der Waals surface area contributed by atoms with Gasteiger partial charge in [0.2, 0.25) is 0 Å². The van der Waals surface area contributed by atoms with Crippen LogP contribution in [0.3, 0.4) is 0 Å². The Hall–Kier alpha value is -0.560. The highest BCUT2D eigenvalue weighted by molar-refractivity contribution is 5.28. The Morgan fingerprint density at radius 2 is 2.05 bits per heavy atom. The van der Waals surface area contributed by atoms with E-state index in [9.17, 15) is 5.11 Å². The normalized spacial score (nSPS) is 49.8. The van der Waals surface area contributed by atoms with Crippen molar-refractivity contribution >= 4 is 0 Å². The number of aliphatic hydroxyl groups is 1. The second-order valence-corrected chi connectivity index (χ2v) is 8.84. The molecule has 2 unspecified atom stereocenters. The van der Waals surface area contributed by atoms with Gasteiger partial charge in [-0.2, -0.15) is 0 Å². The smallest absolute Gasteiger partial charge is 0.0487 e. The van der Waals surface area contributed by atoms with Crippen LogP contribution in [0, 0.1) is 28.1 Å². The van der Waals surface area contributed by atoms with E-state index < -0.39 is 0 Å². The summed E-state index contributed by atoms with van der Waals surface area (Å²) in [4.78, 5) is 0. The van der Waals surface area contributed by atoms with Gasteiger partial charge in [0.1, 0.15) is 0 Å². The highest BCUT2D eigenvalue weighted by Gasteiger charge is 2.54. The van der Waals surface area contributed by atoms with Crippen LogP contribution >= 0.6 is 0 Å². The van der Waals surface area contributed by atoms with E-state index in [1.165, 1.54) is 38.5 Å². The molecule has 0 aromatic heterocycles. The van der Waals surface area contributed by atoms with Gasteiger partial charge in [-0.1, -0.05) is 44.9 Å². The van der Waals surface area contributed by atoms with Gasteiger partial charge < -0.3 is 5.11 Å². The van der Waals surface area contributed by atoms with Gasteiger partial charge in [0.25, 0.3) is 0 Å². The van der Waals surface area contributed by atoms with Crippen molar-refractivity contribution in [2.75, 3.05) is 6.61 Å². The predicted molar refractivity (Wildman–Crippen MR) is 89.0 cm³/mol. The van der Waals surface area contributed by atoms with Gasteiger partial charge >= 0.3 is 0 Å². The Balaban J connectivity index is 1.96. The van der Waals surface area contributed by atoms with Gasteiger partial charge in [0.15, 0.2) is 0 Å². The molecule has 0 aromatic rings. The maximum Gasteiger partial charge on any atom is 0.0487 e. The lowest BCUT2D eigenvalue weighted by molar-refractivity contribution is -0.0558. The Morgan fingerprint density at radius 1 is 1.29 bits per heavy atom. The van der Waals surface area contributed by atoms with Crippen LogP contribution in [0.1, 0.15) is 65.7 Å². The van der Waals surface area contributed by atoms with E-state index in [0.29, 0.717) is 23.4 Å². The van der Waals surface area contributed by atoms with Gasteiger partial charge in [0.05, 0.1) is 0 Å². The van der Waals surface area contributed by atoms with Crippen molar-refractivity contribution in [2.24, 2.45) is 28.1 Å². The first-order chi connectivity index (χ1) is 9.87. The molecule has 0 bridgehead atoms. The second-order valence-electron chi connectivity index (χ2n) is 8.84. The lowest BCUT2D eigenvalue weighted by atomic mass is 9.46. The first-order valence-electron chi connectivity index (χ1n) is 8.82. The summed E-state index contributed by atoms with van der Waals surface area (Å²) in [6, 6.07) is 0. The summed E-state index contributed by atoms with van der Waals surface area (Å²) in [7, 11) is 0. The molecular formula is C20H32O. The first-order valence-corrected chi connectivity index (χ1v) is 8.82. The van der Waals surface area contributed by atoms with Crippen LogP contribution in [-0.4, -0.2) is 11.7 Å². The van der Waals surface area contributed by atoms with E-state index in [0.717, 1.165) is 12.3 Å². The highest BCUT2D eigenvalue weighted by atomic mass is 16.3. The third-order valence-corrected chi connectivity index (χ3v) is 7.31. The van der Waals surface area contributed by atoms with Gasteiger partial charge in [-0.25, -0.2) is 0 Å². The lowest BCUT2D eigenvalue weighted by Gasteiger charge is -2.59. The zero-order chi connectivity index (χ0) is 15.3. The largest absolute Gasteiger partial charge is 0.396 e. The van der Waals surface area contributed by atoms with Crippen molar-refractivity contribution in [3.63, 3.8) is 0 Å². The number of hydrogen-bond acceptors (Lipinski definition) is 1. The Bertz CT molecular complexity index is 464. The summed E-state index contributed by atoms with van der Waals surface area (Å²) in [6.07, 6.45) is 13.6. The predicted octanol–water partition coefficient (Wildman–Crippen LogP) is 5.11. The molecule has 3 rings (SSSR count). The second kappa shape index (κ2) is 4.98. The van der Waals surface area contributed by atoms with Gasteiger partial charge in [-0.3, -0.25) is 0 Å². The fourth-order valence-electron chi connectivity index (χ4n) is 5.94. The molecule has 0 saturated heterocycles. The molecule has 2 fully saturated rings. The number of rotatable bonds is 2. The Kier molecular flexibility index (Phi) is 3.64. The monoisotopic (exact) mass is 288 g/mol. The van der Waals surface area contributed by atoms with Gasteiger partial charge in [-0.05, 0) is 66.6 Å². The first kappa shape index (κ1) is 15.3. The minimum absolute atomic E-state index is 0.137. The van der Waals surface area contributed by atoms with Crippen LogP contribution in [-0.2, 0) is 0 Å². The summed E-state index contributed by atoms with van der Waals surface area (Å²) < 4.78 is 0. The SMILES string of the molecule is C=C[C@]1(C)CC=C2C(CCC3[C@@](C)(CO)CCC[C@]23C)C1. The van der Waals surface area contributed by atoms with Crippen LogP contribution in [0.25, 0.3) is 0 Å². The Labute approximate surface area is 130 Å². The van der Waals surface area contributed by atoms with E-state index in [2.05, 4.69) is 39.5 Å². The van der Waals surface area contributed by atoms with Crippen molar-refractivity contribution < 1.29 is 5.11 Å². The molecule has 1 heteroatoms. The van der Waals surface area contributed by atoms with Crippen molar-refractivity contribution in [3.8, 4) is 0 Å². The average molecular weight is 288 g/mol. The number of allylic oxidation sites excluding steroid dienone is 3. The minimum atomic E-state index is 0.137. The molecule has 3 aliphatic rings. The summed E-state index contributed by atoms with van der Waals surface area (Å²) in [5.74, 6) is 1.42. The highest BCUT2D eigenvalue weighted by Crippen LogP contribution is 2.63. The topological polar surface area (TPSA) is 20.2 Å².